The minimum atomic E-state index is 0.936. The van der Waals surface area contributed by atoms with Crippen molar-refractivity contribution in [3.63, 3.8) is 0 Å². The van der Waals surface area contributed by atoms with E-state index >= 15 is 0 Å². The van der Waals surface area contributed by atoms with E-state index in [1.807, 2.05) is 12.1 Å². The second kappa shape index (κ2) is 6.88. The SMILES string of the molecule is CCc1cc2c(N3CCN(c4ccccc4OC)CC3)ncnc2s1. The molecule has 0 unspecified atom stereocenters. The van der Waals surface area contributed by atoms with E-state index in [4.69, 9.17) is 4.74 Å². The van der Waals surface area contributed by atoms with Crippen molar-refractivity contribution in [3.05, 3.63) is 41.5 Å². The molecule has 0 bridgehead atoms. The van der Waals surface area contributed by atoms with E-state index < -0.39 is 0 Å². The van der Waals surface area contributed by atoms with E-state index in [1.54, 1.807) is 24.8 Å². The Morgan fingerprint density at radius 2 is 1.84 bits per heavy atom. The Kier molecular flexibility index (Phi) is 4.44. The van der Waals surface area contributed by atoms with Gasteiger partial charge < -0.3 is 14.5 Å². The van der Waals surface area contributed by atoms with Crippen LogP contribution in [0.3, 0.4) is 0 Å². The van der Waals surface area contributed by atoms with Gasteiger partial charge in [-0.15, -0.1) is 11.3 Å². The molecule has 2 aromatic heterocycles. The van der Waals surface area contributed by atoms with Gasteiger partial charge in [-0.05, 0) is 24.6 Å². The first kappa shape index (κ1) is 16.1. The number of methoxy groups -OCH3 is 1. The molecule has 0 atom stereocenters. The summed E-state index contributed by atoms with van der Waals surface area (Å²) in [4.78, 5) is 16.3. The average molecular weight is 354 g/mol. The number of hydrogen-bond donors (Lipinski definition) is 0. The first-order chi connectivity index (χ1) is 12.3. The monoisotopic (exact) mass is 354 g/mol. The maximum atomic E-state index is 5.51. The normalized spacial score (nSPS) is 15.0. The minimum Gasteiger partial charge on any atom is -0.495 e. The number of ether oxygens (including phenoxy) is 1. The highest BCUT2D eigenvalue weighted by Gasteiger charge is 2.22. The molecule has 1 fully saturated rings. The highest BCUT2D eigenvalue weighted by molar-refractivity contribution is 7.18. The third-order valence-corrected chi connectivity index (χ3v) is 5.90. The lowest BCUT2D eigenvalue weighted by molar-refractivity contribution is 0.413. The predicted octanol–water partition coefficient (Wildman–Crippen LogP) is 3.59. The van der Waals surface area contributed by atoms with Crippen molar-refractivity contribution in [2.75, 3.05) is 43.1 Å². The number of anilines is 2. The lowest BCUT2D eigenvalue weighted by Crippen LogP contribution is -2.47. The summed E-state index contributed by atoms with van der Waals surface area (Å²) in [6.45, 7) is 5.99. The van der Waals surface area contributed by atoms with E-state index in [1.165, 1.54) is 16.0 Å². The van der Waals surface area contributed by atoms with Crippen molar-refractivity contribution in [1.29, 1.82) is 0 Å². The van der Waals surface area contributed by atoms with Crippen LogP contribution in [-0.4, -0.2) is 43.3 Å². The molecule has 0 radical (unpaired) electrons. The molecule has 25 heavy (non-hydrogen) atoms. The standard InChI is InChI=1S/C19H22N4OS/c1-3-14-12-15-18(20-13-21-19(15)25-14)23-10-8-22(9-11-23)16-6-4-5-7-17(16)24-2/h4-7,12-13H,3,8-11H2,1-2H3. The van der Waals surface area contributed by atoms with Gasteiger partial charge in [0.25, 0.3) is 0 Å². The quantitative estimate of drug-likeness (QED) is 0.716. The number of thiophene rings is 1. The zero-order chi connectivity index (χ0) is 17.2. The highest BCUT2D eigenvalue weighted by Crippen LogP contribution is 2.32. The van der Waals surface area contributed by atoms with Gasteiger partial charge in [0.05, 0.1) is 18.2 Å². The Bertz CT molecular complexity index is 871. The van der Waals surface area contributed by atoms with Crippen LogP contribution in [0.4, 0.5) is 11.5 Å². The van der Waals surface area contributed by atoms with Gasteiger partial charge in [-0.25, -0.2) is 9.97 Å². The second-order valence-electron chi connectivity index (χ2n) is 6.13. The molecule has 3 heterocycles. The van der Waals surface area contributed by atoms with Crippen LogP contribution in [0.15, 0.2) is 36.7 Å². The number of nitrogens with zero attached hydrogens (tertiary/aromatic N) is 4. The zero-order valence-corrected chi connectivity index (χ0v) is 15.4. The van der Waals surface area contributed by atoms with Gasteiger partial charge in [0.2, 0.25) is 0 Å². The highest BCUT2D eigenvalue weighted by atomic mass is 32.1. The molecule has 0 spiro atoms. The number of aromatic nitrogens is 2. The van der Waals surface area contributed by atoms with Crippen LogP contribution in [0.2, 0.25) is 0 Å². The van der Waals surface area contributed by atoms with Gasteiger partial charge in [-0.3, -0.25) is 0 Å². The summed E-state index contributed by atoms with van der Waals surface area (Å²) in [5.41, 5.74) is 1.17. The molecule has 0 saturated carbocycles. The molecule has 1 aliphatic rings. The molecule has 6 heteroatoms. The van der Waals surface area contributed by atoms with Crippen LogP contribution in [0.25, 0.3) is 10.2 Å². The number of benzene rings is 1. The number of aryl methyl sites for hydroxylation is 1. The van der Waals surface area contributed by atoms with Crippen molar-refractivity contribution in [3.8, 4) is 5.75 Å². The Balaban J connectivity index is 1.55. The number of para-hydroxylation sites is 2. The number of fused-ring (bicyclic) bond motifs is 1. The molecule has 3 aromatic rings. The zero-order valence-electron chi connectivity index (χ0n) is 14.6. The Morgan fingerprint density at radius 1 is 1.08 bits per heavy atom. The largest absolute Gasteiger partial charge is 0.495 e. The van der Waals surface area contributed by atoms with Crippen LogP contribution in [0.1, 0.15) is 11.8 Å². The van der Waals surface area contributed by atoms with E-state index in [9.17, 15) is 0 Å². The second-order valence-corrected chi connectivity index (χ2v) is 7.24. The van der Waals surface area contributed by atoms with E-state index in [0.29, 0.717) is 0 Å². The van der Waals surface area contributed by atoms with Crippen molar-refractivity contribution in [1.82, 2.24) is 9.97 Å². The fourth-order valence-electron chi connectivity index (χ4n) is 3.37. The molecule has 4 rings (SSSR count). The van der Waals surface area contributed by atoms with Gasteiger partial charge in [0.1, 0.15) is 22.7 Å². The van der Waals surface area contributed by atoms with Crippen LogP contribution in [-0.2, 0) is 6.42 Å². The maximum Gasteiger partial charge on any atom is 0.142 e. The summed E-state index contributed by atoms with van der Waals surface area (Å²) < 4.78 is 5.51. The van der Waals surface area contributed by atoms with Crippen molar-refractivity contribution in [2.45, 2.75) is 13.3 Å². The fraction of sp³-hybridized carbons (Fsp3) is 0.368. The van der Waals surface area contributed by atoms with E-state index in [2.05, 4.69) is 44.9 Å². The van der Waals surface area contributed by atoms with Gasteiger partial charge >= 0.3 is 0 Å². The fourth-order valence-corrected chi connectivity index (χ4v) is 4.30. The summed E-state index contributed by atoms with van der Waals surface area (Å²) in [6, 6.07) is 10.5. The lowest BCUT2D eigenvalue weighted by Gasteiger charge is -2.37. The number of hydrogen-bond acceptors (Lipinski definition) is 6. The average Bonchev–Trinajstić information content (AvgIpc) is 3.11. The molecular formula is C19H22N4OS. The Hall–Kier alpha value is -2.34. The third-order valence-electron chi connectivity index (χ3n) is 4.71. The molecule has 130 valence electrons. The molecule has 5 nitrogen and oxygen atoms in total. The van der Waals surface area contributed by atoms with Crippen molar-refractivity contribution >= 4 is 33.1 Å². The first-order valence-electron chi connectivity index (χ1n) is 8.66. The number of rotatable bonds is 4. The maximum absolute atomic E-state index is 5.51. The van der Waals surface area contributed by atoms with Gasteiger partial charge in [-0.1, -0.05) is 19.1 Å². The molecule has 0 aliphatic carbocycles. The van der Waals surface area contributed by atoms with E-state index in [0.717, 1.165) is 49.0 Å². The van der Waals surface area contributed by atoms with Gasteiger partial charge in [-0.2, -0.15) is 0 Å². The molecule has 0 amide bonds. The summed E-state index contributed by atoms with van der Waals surface area (Å²) in [5.74, 6) is 2.01. The molecule has 1 saturated heterocycles. The van der Waals surface area contributed by atoms with Crippen LogP contribution in [0.5, 0.6) is 5.75 Å². The Morgan fingerprint density at radius 3 is 2.60 bits per heavy atom. The van der Waals surface area contributed by atoms with Gasteiger partial charge in [0.15, 0.2) is 0 Å². The topological polar surface area (TPSA) is 41.5 Å². The molecular weight excluding hydrogens is 332 g/mol. The minimum absolute atomic E-state index is 0.936. The summed E-state index contributed by atoms with van der Waals surface area (Å²) in [7, 11) is 1.73. The lowest BCUT2D eigenvalue weighted by atomic mass is 10.2. The van der Waals surface area contributed by atoms with Crippen LogP contribution >= 0.6 is 11.3 Å². The van der Waals surface area contributed by atoms with Crippen LogP contribution < -0.4 is 14.5 Å². The van der Waals surface area contributed by atoms with Crippen molar-refractivity contribution in [2.24, 2.45) is 0 Å². The van der Waals surface area contributed by atoms with Crippen LogP contribution in [0, 0.1) is 0 Å². The smallest absolute Gasteiger partial charge is 0.142 e. The first-order valence-corrected chi connectivity index (χ1v) is 9.48. The van der Waals surface area contributed by atoms with E-state index in [-0.39, 0.29) is 0 Å². The number of piperazine rings is 1. The van der Waals surface area contributed by atoms with Crippen molar-refractivity contribution < 1.29 is 4.74 Å². The summed E-state index contributed by atoms with van der Waals surface area (Å²) in [5, 5.41) is 1.19. The molecule has 1 aromatic carbocycles. The Labute approximate surface area is 151 Å². The predicted molar refractivity (Wildman–Crippen MR) is 104 cm³/mol. The third kappa shape index (κ3) is 3.02. The molecule has 1 aliphatic heterocycles. The molecule has 0 N–H and O–H groups in total. The summed E-state index contributed by atoms with van der Waals surface area (Å²) in [6.07, 6.45) is 2.74. The summed E-state index contributed by atoms with van der Waals surface area (Å²) >= 11 is 1.77. The van der Waals surface area contributed by atoms with Gasteiger partial charge in [0, 0.05) is 31.1 Å².